The molecule has 68 heavy (non-hydrogen) atoms. The van der Waals surface area contributed by atoms with Crippen molar-refractivity contribution in [1.82, 2.24) is 14.5 Å². The Kier molecular flexibility index (Phi) is 9.71. The van der Waals surface area contributed by atoms with Crippen LogP contribution in [0.2, 0.25) is 0 Å². The van der Waals surface area contributed by atoms with E-state index in [0.717, 1.165) is 98.1 Å². The highest BCUT2D eigenvalue weighted by molar-refractivity contribution is 6.12. The second kappa shape index (κ2) is 16.5. The van der Waals surface area contributed by atoms with Gasteiger partial charge in [0.05, 0.1) is 22.4 Å². The third kappa shape index (κ3) is 6.75. The highest BCUT2D eigenvalue weighted by atomic mass is 16.3. The van der Waals surface area contributed by atoms with E-state index in [0.29, 0.717) is 11.7 Å². The van der Waals surface area contributed by atoms with Gasteiger partial charge in [0.25, 0.3) is 0 Å². The van der Waals surface area contributed by atoms with Crippen molar-refractivity contribution in [2.45, 2.75) is 38.5 Å². The Morgan fingerprint density at radius 3 is 1.82 bits per heavy atom. The molecule has 1 atom stereocenters. The normalized spacial score (nSPS) is 13.7. The van der Waals surface area contributed by atoms with Crippen LogP contribution in [0.15, 0.2) is 217 Å². The zero-order valence-electron chi connectivity index (χ0n) is 37.9. The molecule has 4 heteroatoms. The zero-order valence-corrected chi connectivity index (χ0v) is 37.9. The van der Waals surface area contributed by atoms with Gasteiger partial charge in [-0.25, -0.2) is 9.97 Å². The second-order valence-electron chi connectivity index (χ2n) is 18.2. The summed E-state index contributed by atoms with van der Waals surface area (Å²) in [5.74, 6) is 1.10. The number of furan rings is 1. The summed E-state index contributed by atoms with van der Waals surface area (Å²) in [5, 5.41) is 4.72. The lowest BCUT2D eigenvalue weighted by atomic mass is 9.80. The van der Waals surface area contributed by atoms with Crippen LogP contribution in [0, 0.1) is 0 Å². The molecule has 0 aliphatic heterocycles. The van der Waals surface area contributed by atoms with Crippen molar-refractivity contribution >= 4 is 43.7 Å². The molecule has 3 aromatic heterocycles. The van der Waals surface area contributed by atoms with E-state index in [9.17, 15) is 0 Å². The maximum atomic E-state index is 6.59. The van der Waals surface area contributed by atoms with Gasteiger partial charge in [-0.2, -0.15) is 0 Å². The van der Waals surface area contributed by atoms with Crippen LogP contribution < -0.4 is 0 Å². The van der Waals surface area contributed by atoms with E-state index in [2.05, 4.69) is 218 Å². The van der Waals surface area contributed by atoms with Gasteiger partial charge in [-0.1, -0.05) is 177 Å². The molecule has 1 aliphatic rings. The minimum Gasteiger partial charge on any atom is -0.456 e. The van der Waals surface area contributed by atoms with Crippen LogP contribution in [0.25, 0.3) is 106 Å². The van der Waals surface area contributed by atoms with Crippen LogP contribution in [-0.4, -0.2) is 14.5 Å². The quantitative estimate of drug-likeness (QED) is 0.160. The summed E-state index contributed by atoms with van der Waals surface area (Å²) >= 11 is 0. The molecule has 0 saturated heterocycles. The van der Waals surface area contributed by atoms with Crippen LogP contribution in [0.1, 0.15) is 41.5 Å². The highest BCUT2D eigenvalue weighted by Crippen LogP contribution is 2.44. The molecule has 0 amide bonds. The van der Waals surface area contributed by atoms with Gasteiger partial charge in [-0.15, -0.1) is 0 Å². The summed E-state index contributed by atoms with van der Waals surface area (Å²) in [6.07, 6.45) is 3.86. The van der Waals surface area contributed by atoms with Crippen molar-refractivity contribution < 1.29 is 4.42 Å². The third-order valence-corrected chi connectivity index (χ3v) is 14.4. The number of hydrogen-bond donors (Lipinski definition) is 0. The van der Waals surface area contributed by atoms with Gasteiger partial charge < -0.3 is 8.98 Å². The summed E-state index contributed by atoms with van der Waals surface area (Å²) < 4.78 is 9.11. The van der Waals surface area contributed by atoms with Gasteiger partial charge in [0.15, 0.2) is 5.82 Å². The molecule has 13 rings (SSSR count). The Balaban J connectivity index is 0.950. The SMILES string of the molecule is CCc1c(-c2ccccc2)nc(-c2ccc3c(c2)oc2cc(-c4ccccc4)ccc23)nc1-c1ccc(-n2c3ccccc3c3ccc4c(c32)CCC(c2ccccc2)Cc2ccccc2-4)cc1. The average molecular weight is 874 g/mol. The first-order chi connectivity index (χ1) is 33.7. The smallest absolute Gasteiger partial charge is 0.160 e. The molecular formula is C64H47N3O. The van der Waals surface area contributed by atoms with Crippen LogP contribution in [0.5, 0.6) is 0 Å². The van der Waals surface area contributed by atoms with E-state index in [-0.39, 0.29) is 0 Å². The van der Waals surface area contributed by atoms with Gasteiger partial charge in [-0.05, 0) is 113 Å². The highest BCUT2D eigenvalue weighted by Gasteiger charge is 2.25. The van der Waals surface area contributed by atoms with Gasteiger partial charge in [0, 0.05) is 49.5 Å². The Hall–Kier alpha value is -8.34. The van der Waals surface area contributed by atoms with E-state index in [4.69, 9.17) is 14.4 Å². The van der Waals surface area contributed by atoms with Gasteiger partial charge in [0.2, 0.25) is 0 Å². The van der Waals surface area contributed by atoms with Crippen molar-refractivity contribution in [2.24, 2.45) is 0 Å². The number of benzene rings is 9. The standard InChI is InChI=1S/C64H47N3O/c1-2-50-61(43-20-10-5-11-21-43)65-64(48-30-34-55-54-33-28-46(42-18-8-4-9-19-42)39-59(54)68-60(55)40-48)66-62(50)44-26-31-49(32-27-44)67-58-25-15-14-24-53(58)57-37-36-52-51-23-13-12-22-47(51)38-45(29-35-56(52)63(57)67)41-16-6-3-7-17-41/h3-28,30-34,36-37,39-40,45H,2,29,35,38H2,1H3. The molecule has 0 radical (unpaired) electrons. The number of aryl methyl sites for hydroxylation is 1. The van der Waals surface area contributed by atoms with Crippen molar-refractivity contribution in [1.29, 1.82) is 0 Å². The van der Waals surface area contributed by atoms with E-state index >= 15 is 0 Å². The Morgan fingerprint density at radius 1 is 0.500 bits per heavy atom. The molecule has 9 aromatic carbocycles. The number of nitrogens with zero attached hydrogens (tertiary/aromatic N) is 3. The molecule has 12 aromatic rings. The first-order valence-corrected chi connectivity index (χ1v) is 23.9. The minimum atomic E-state index is 0.429. The predicted molar refractivity (Wildman–Crippen MR) is 281 cm³/mol. The van der Waals surface area contributed by atoms with E-state index in [1.54, 1.807) is 0 Å². The lowest BCUT2D eigenvalue weighted by Gasteiger charge is -2.25. The van der Waals surface area contributed by atoms with Crippen molar-refractivity contribution in [3.05, 3.63) is 235 Å². The van der Waals surface area contributed by atoms with Crippen LogP contribution in [-0.2, 0) is 19.3 Å². The van der Waals surface area contributed by atoms with Crippen molar-refractivity contribution in [3.8, 4) is 61.8 Å². The lowest BCUT2D eigenvalue weighted by molar-refractivity contribution is 0.619. The molecule has 0 bridgehead atoms. The number of hydrogen-bond acceptors (Lipinski definition) is 3. The van der Waals surface area contributed by atoms with Crippen LogP contribution >= 0.6 is 0 Å². The fourth-order valence-electron chi connectivity index (χ4n) is 11.1. The molecule has 0 spiro atoms. The van der Waals surface area contributed by atoms with Crippen molar-refractivity contribution in [3.63, 3.8) is 0 Å². The van der Waals surface area contributed by atoms with E-state index < -0.39 is 0 Å². The minimum absolute atomic E-state index is 0.429. The third-order valence-electron chi connectivity index (χ3n) is 14.4. The Bertz CT molecular complexity index is 3850. The molecule has 1 unspecified atom stereocenters. The van der Waals surface area contributed by atoms with Gasteiger partial charge in [-0.3, -0.25) is 0 Å². The first kappa shape index (κ1) is 40.0. The van der Waals surface area contributed by atoms with E-state index in [1.165, 1.54) is 49.6 Å². The molecular weight excluding hydrogens is 827 g/mol. The summed E-state index contributed by atoms with van der Waals surface area (Å²) in [4.78, 5) is 10.8. The van der Waals surface area contributed by atoms with Gasteiger partial charge >= 0.3 is 0 Å². The molecule has 324 valence electrons. The van der Waals surface area contributed by atoms with E-state index in [1.807, 2.05) is 6.07 Å². The topological polar surface area (TPSA) is 43.9 Å². The van der Waals surface area contributed by atoms with Crippen LogP contribution in [0.3, 0.4) is 0 Å². The molecule has 3 heterocycles. The molecule has 0 saturated carbocycles. The summed E-state index contributed by atoms with van der Waals surface area (Å²) in [5.41, 5.74) is 20.6. The number of rotatable bonds is 7. The summed E-state index contributed by atoms with van der Waals surface area (Å²) in [6, 6.07) is 76.8. The largest absolute Gasteiger partial charge is 0.456 e. The zero-order chi connectivity index (χ0) is 45.1. The fourth-order valence-corrected chi connectivity index (χ4v) is 11.1. The predicted octanol–water partition coefficient (Wildman–Crippen LogP) is 16.6. The number of para-hydroxylation sites is 1. The van der Waals surface area contributed by atoms with Crippen molar-refractivity contribution in [2.75, 3.05) is 0 Å². The average Bonchev–Trinajstić information content (AvgIpc) is 3.94. The maximum Gasteiger partial charge on any atom is 0.160 e. The number of fused-ring (bicyclic) bond motifs is 10. The Morgan fingerprint density at radius 2 is 1.09 bits per heavy atom. The number of aromatic nitrogens is 3. The fraction of sp³-hybridized carbons (Fsp3) is 0.0938. The lowest BCUT2D eigenvalue weighted by Crippen LogP contribution is -2.10. The maximum absolute atomic E-state index is 6.59. The summed E-state index contributed by atoms with van der Waals surface area (Å²) in [7, 11) is 0. The second-order valence-corrected chi connectivity index (χ2v) is 18.2. The molecule has 0 fully saturated rings. The first-order valence-electron chi connectivity index (χ1n) is 23.9. The summed E-state index contributed by atoms with van der Waals surface area (Å²) in [6.45, 7) is 2.21. The monoisotopic (exact) mass is 873 g/mol. The Labute approximate surface area is 395 Å². The van der Waals surface area contributed by atoms with Gasteiger partial charge in [0.1, 0.15) is 11.2 Å². The molecule has 1 aliphatic carbocycles. The molecule has 0 N–H and O–H groups in total. The van der Waals surface area contributed by atoms with Crippen LogP contribution in [0.4, 0.5) is 0 Å². The molecule has 4 nitrogen and oxygen atoms in total.